The van der Waals surface area contributed by atoms with Gasteiger partial charge >= 0.3 is 0 Å². The number of ether oxygens (including phenoxy) is 2. The highest BCUT2D eigenvalue weighted by molar-refractivity contribution is 7.98. The molecule has 0 radical (unpaired) electrons. The van der Waals surface area contributed by atoms with Crippen molar-refractivity contribution < 1.29 is 14.3 Å². The van der Waals surface area contributed by atoms with Crippen molar-refractivity contribution in [1.29, 1.82) is 0 Å². The summed E-state index contributed by atoms with van der Waals surface area (Å²) in [6, 6.07) is 4.96. The molecule has 1 atom stereocenters. The second-order valence-electron chi connectivity index (χ2n) is 12.3. The third-order valence-electron chi connectivity index (χ3n) is 9.67. The molecule has 2 saturated heterocycles. The summed E-state index contributed by atoms with van der Waals surface area (Å²) in [5.74, 6) is 0.181. The molecule has 3 fully saturated rings. The molecule has 1 saturated carbocycles. The van der Waals surface area contributed by atoms with E-state index in [1.807, 2.05) is 33.1 Å². The molecule has 41 heavy (non-hydrogen) atoms. The Morgan fingerprint density at radius 2 is 1.76 bits per heavy atom. The lowest BCUT2D eigenvalue weighted by Gasteiger charge is -2.50. The van der Waals surface area contributed by atoms with Crippen LogP contribution in [-0.4, -0.2) is 71.0 Å². The zero-order valence-corrected chi connectivity index (χ0v) is 26.1. The lowest BCUT2D eigenvalue weighted by molar-refractivity contribution is -0.127. The van der Waals surface area contributed by atoms with Gasteiger partial charge in [0.1, 0.15) is 0 Å². The van der Waals surface area contributed by atoms with Crippen LogP contribution in [0.2, 0.25) is 5.02 Å². The van der Waals surface area contributed by atoms with E-state index in [-0.39, 0.29) is 23.9 Å². The van der Waals surface area contributed by atoms with Gasteiger partial charge in [-0.05, 0) is 83.9 Å². The first-order valence-corrected chi connectivity index (χ1v) is 16.5. The fraction of sp³-hybridized carbons (Fsp3) is 0.613. The number of fused-ring (bicyclic) bond motifs is 1. The SMILES string of the molecule is CSc1cc(C)[nH]c(=O)c1CNC(=O)c1cc(Cl)c2c(c1C)OC(C)(C1CCC(N3CC(N4CCCC4)C3)CC1)O2. The highest BCUT2D eigenvalue weighted by Gasteiger charge is 2.48. The molecule has 222 valence electrons. The summed E-state index contributed by atoms with van der Waals surface area (Å²) in [7, 11) is 0. The molecule has 2 aromatic rings. The molecule has 1 aromatic heterocycles. The van der Waals surface area contributed by atoms with Gasteiger partial charge in [-0.25, -0.2) is 0 Å². The number of halogens is 1. The molecule has 6 rings (SSSR count). The monoisotopic (exact) mass is 600 g/mol. The van der Waals surface area contributed by atoms with Gasteiger partial charge in [-0.15, -0.1) is 11.8 Å². The molecule has 0 bridgehead atoms. The van der Waals surface area contributed by atoms with Crippen LogP contribution in [0, 0.1) is 19.8 Å². The minimum absolute atomic E-state index is 0.118. The maximum Gasteiger partial charge on any atom is 0.254 e. The predicted octanol–water partition coefficient (Wildman–Crippen LogP) is 5.12. The van der Waals surface area contributed by atoms with E-state index in [1.165, 1.54) is 50.8 Å². The maximum atomic E-state index is 13.3. The number of amides is 1. The number of H-pyrrole nitrogens is 1. The van der Waals surface area contributed by atoms with Gasteiger partial charge in [-0.1, -0.05) is 11.6 Å². The van der Waals surface area contributed by atoms with E-state index >= 15 is 0 Å². The maximum absolute atomic E-state index is 13.3. The molecular formula is C31H41ClN4O4S. The number of nitrogens with zero attached hydrogens (tertiary/aromatic N) is 2. The Kier molecular flexibility index (Phi) is 8.09. The number of pyridine rings is 1. The number of aromatic amines is 1. The van der Waals surface area contributed by atoms with E-state index in [0.29, 0.717) is 39.3 Å². The van der Waals surface area contributed by atoms with Gasteiger partial charge in [0, 0.05) is 71.8 Å². The Morgan fingerprint density at radius 3 is 2.44 bits per heavy atom. The zero-order valence-electron chi connectivity index (χ0n) is 24.5. The third-order valence-corrected chi connectivity index (χ3v) is 10.8. The standard InChI is InChI=1S/C31H41ClN4O4S/c1-18-13-26(41-4)24(30(38)34-18)15-33-29(37)23-14-25(32)28-27(19(23)2)39-31(3,40-28)20-7-9-21(10-8-20)36-16-22(17-36)35-11-5-6-12-35/h13-14,20-22H,5-12,15-17H2,1-4H3,(H,33,37)(H,34,38). The molecule has 2 N–H and O–H groups in total. The molecule has 4 heterocycles. The van der Waals surface area contributed by atoms with Crippen molar-refractivity contribution in [1.82, 2.24) is 20.1 Å². The van der Waals surface area contributed by atoms with Crippen molar-refractivity contribution in [2.75, 3.05) is 32.4 Å². The lowest BCUT2D eigenvalue weighted by atomic mass is 9.80. The molecule has 4 aliphatic rings. The number of nitrogens with one attached hydrogen (secondary N) is 2. The van der Waals surface area contributed by atoms with Crippen molar-refractivity contribution in [3.63, 3.8) is 0 Å². The summed E-state index contributed by atoms with van der Waals surface area (Å²) < 4.78 is 13.0. The van der Waals surface area contributed by atoms with Crippen LogP contribution < -0.4 is 20.3 Å². The summed E-state index contributed by atoms with van der Waals surface area (Å²) in [4.78, 5) is 34.8. The first-order chi connectivity index (χ1) is 19.7. The molecule has 10 heteroatoms. The van der Waals surface area contributed by atoms with E-state index in [4.69, 9.17) is 21.1 Å². The van der Waals surface area contributed by atoms with Crippen molar-refractivity contribution in [2.24, 2.45) is 5.92 Å². The highest BCUT2D eigenvalue weighted by Crippen LogP contribution is 2.52. The second kappa shape index (κ2) is 11.5. The largest absolute Gasteiger partial charge is 0.448 e. The second-order valence-corrected chi connectivity index (χ2v) is 13.5. The van der Waals surface area contributed by atoms with Crippen molar-refractivity contribution in [3.05, 3.63) is 49.9 Å². The molecule has 3 aliphatic heterocycles. The fourth-order valence-corrected chi connectivity index (χ4v) is 8.08. The Morgan fingerprint density at radius 1 is 1.07 bits per heavy atom. The van der Waals surface area contributed by atoms with E-state index in [0.717, 1.165) is 42.3 Å². The fourth-order valence-electron chi connectivity index (χ4n) is 7.14. The van der Waals surface area contributed by atoms with Crippen LogP contribution in [0.4, 0.5) is 0 Å². The van der Waals surface area contributed by atoms with Crippen LogP contribution in [0.25, 0.3) is 0 Å². The Hall–Kier alpha value is -2.20. The normalized spacial score (nSPS) is 26.8. The van der Waals surface area contributed by atoms with Crippen LogP contribution in [-0.2, 0) is 6.54 Å². The van der Waals surface area contributed by atoms with Gasteiger partial charge in [-0.3, -0.25) is 19.4 Å². The molecular weight excluding hydrogens is 560 g/mol. The molecule has 1 aliphatic carbocycles. The molecule has 1 aromatic carbocycles. The van der Waals surface area contributed by atoms with Gasteiger partial charge in [0.2, 0.25) is 0 Å². The van der Waals surface area contributed by atoms with Crippen LogP contribution in [0.1, 0.15) is 72.6 Å². The topological polar surface area (TPSA) is 86.9 Å². The minimum atomic E-state index is -0.813. The first kappa shape index (κ1) is 28.9. The smallest absolute Gasteiger partial charge is 0.254 e. The van der Waals surface area contributed by atoms with Crippen molar-refractivity contribution >= 4 is 29.3 Å². The van der Waals surface area contributed by atoms with Gasteiger partial charge in [0.25, 0.3) is 17.3 Å². The van der Waals surface area contributed by atoms with Gasteiger partial charge < -0.3 is 19.8 Å². The number of hydrogen-bond acceptors (Lipinski definition) is 7. The lowest BCUT2D eigenvalue weighted by Crippen LogP contribution is -2.62. The average Bonchev–Trinajstić information content (AvgIpc) is 3.58. The number of carbonyl (C=O) groups is 1. The van der Waals surface area contributed by atoms with Gasteiger partial charge in [0.15, 0.2) is 11.5 Å². The van der Waals surface area contributed by atoms with E-state index in [2.05, 4.69) is 20.1 Å². The molecule has 0 spiro atoms. The summed E-state index contributed by atoms with van der Waals surface area (Å²) in [6.07, 6.45) is 8.98. The number of rotatable bonds is 7. The van der Waals surface area contributed by atoms with Gasteiger partial charge in [-0.2, -0.15) is 0 Å². The molecule has 8 nitrogen and oxygen atoms in total. The van der Waals surface area contributed by atoms with Crippen LogP contribution in [0.3, 0.4) is 0 Å². The Labute approximate surface area is 251 Å². The summed E-state index contributed by atoms with van der Waals surface area (Å²) in [5.41, 5.74) is 2.24. The number of hydrogen-bond donors (Lipinski definition) is 2. The molecule has 1 unspecified atom stereocenters. The quantitative estimate of drug-likeness (QED) is 0.427. The van der Waals surface area contributed by atoms with Crippen LogP contribution >= 0.6 is 23.4 Å². The average molecular weight is 601 g/mol. The Bertz CT molecular complexity index is 1380. The van der Waals surface area contributed by atoms with Gasteiger partial charge in [0.05, 0.1) is 5.02 Å². The summed E-state index contributed by atoms with van der Waals surface area (Å²) >= 11 is 8.15. The number of aromatic nitrogens is 1. The van der Waals surface area contributed by atoms with Crippen molar-refractivity contribution in [3.8, 4) is 11.5 Å². The van der Waals surface area contributed by atoms with E-state index in [9.17, 15) is 9.59 Å². The summed E-state index contributed by atoms with van der Waals surface area (Å²) in [6.45, 7) is 10.8. The van der Waals surface area contributed by atoms with E-state index in [1.54, 1.807) is 6.07 Å². The van der Waals surface area contributed by atoms with E-state index < -0.39 is 5.79 Å². The van der Waals surface area contributed by atoms with Crippen LogP contribution in [0.15, 0.2) is 21.8 Å². The zero-order chi connectivity index (χ0) is 28.9. The summed E-state index contributed by atoms with van der Waals surface area (Å²) in [5, 5.41) is 3.27. The predicted molar refractivity (Wildman–Crippen MR) is 163 cm³/mol. The molecule has 1 amide bonds. The Balaban J connectivity index is 1.09. The first-order valence-electron chi connectivity index (χ1n) is 14.9. The third kappa shape index (κ3) is 5.51. The number of thioether (sulfide) groups is 1. The number of benzene rings is 1. The number of carbonyl (C=O) groups excluding carboxylic acids is 1. The minimum Gasteiger partial charge on any atom is -0.448 e. The highest BCUT2D eigenvalue weighted by atomic mass is 35.5. The number of likely N-dealkylation sites (tertiary alicyclic amines) is 2. The van der Waals surface area contributed by atoms with Crippen LogP contribution in [0.5, 0.6) is 11.5 Å². The van der Waals surface area contributed by atoms with Crippen molar-refractivity contribution in [2.45, 2.75) is 88.6 Å². The number of aryl methyl sites for hydroxylation is 1.